The summed E-state index contributed by atoms with van der Waals surface area (Å²) in [5.74, 6) is 0. The summed E-state index contributed by atoms with van der Waals surface area (Å²) in [5.41, 5.74) is 17.0. The SMILES string of the molecule is C=Cc1ccc(CC2(Cc3ccc(C=C)cc3)c3ccc(-n4c5ccccc5c5ccccc54)cc3-c3cc(-n4c5ccccc5c5ccccc54)ccc32)cc1. The van der Waals surface area contributed by atoms with E-state index in [0.29, 0.717) is 0 Å². The van der Waals surface area contributed by atoms with Crippen molar-refractivity contribution in [2.75, 3.05) is 0 Å². The summed E-state index contributed by atoms with van der Waals surface area (Å²) in [4.78, 5) is 0. The highest BCUT2D eigenvalue weighted by Crippen LogP contribution is 2.54. The van der Waals surface area contributed by atoms with E-state index >= 15 is 0 Å². The van der Waals surface area contributed by atoms with E-state index in [0.717, 1.165) is 24.0 Å². The van der Waals surface area contributed by atoms with Crippen LogP contribution in [0.3, 0.4) is 0 Å². The molecule has 0 atom stereocenters. The van der Waals surface area contributed by atoms with Gasteiger partial charge in [-0.3, -0.25) is 0 Å². The minimum Gasteiger partial charge on any atom is -0.309 e. The minimum absolute atomic E-state index is 0.325. The molecular formula is C55H40N2. The summed E-state index contributed by atoms with van der Waals surface area (Å²) in [6.45, 7) is 8.06. The third-order valence-electron chi connectivity index (χ3n) is 12.4. The summed E-state index contributed by atoms with van der Waals surface area (Å²) >= 11 is 0. The molecule has 0 unspecified atom stereocenters. The molecule has 1 aliphatic carbocycles. The fourth-order valence-electron chi connectivity index (χ4n) is 9.85. The number of para-hydroxylation sites is 4. The maximum atomic E-state index is 4.03. The topological polar surface area (TPSA) is 9.86 Å². The third kappa shape index (κ3) is 5.11. The van der Waals surface area contributed by atoms with E-state index in [2.05, 4.69) is 204 Å². The van der Waals surface area contributed by atoms with Gasteiger partial charge in [0, 0.05) is 38.3 Å². The maximum Gasteiger partial charge on any atom is 0.0541 e. The molecule has 270 valence electrons. The normalized spacial score (nSPS) is 13.0. The smallest absolute Gasteiger partial charge is 0.0541 e. The molecule has 2 heterocycles. The first kappa shape index (κ1) is 33.2. The van der Waals surface area contributed by atoms with Crippen molar-refractivity contribution in [1.82, 2.24) is 9.13 Å². The van der Waals surface area contributed by atoms with Gasteiger partial charge in [-0.15, -0.1) is 0 Å². The average molecular weight is 729 g/mol. The van der Waals surface area contributed by atoms with Crippen molar-refractivity contribution in [3.05, 3.63) is 229 Å². The van der Waals surface area contributed by atoms with Crippen LogP contribution in [-0.4, -0.2) is 9.13 Å². The Morgan fingerprint density at radius 3 is 1.05 bits per heavy atom. The molecule has 1 aliphatic rings. The van der Waals surface area contributed by atoms with Gasteiger partial charge in [-0.25, -0.2) is 0 Å². The molecule has 0 spiro atoms. The second kappa shape index (κ2) is 13.0. The van der Waals surface area contributed by atoms with Gasteiger partial charge < -0.3 is 9.13 Å². The van der Waals surface area contributed by atoms with Gasteiger partial charge in [0.2, 0.25) is 0 Å². The highest BCUT2D eigenvalue weighted by atomic mass is 15.0. The van der Waals surface area contributed by atoms with Crippen LogP contribution in [0.15, 0.2) is 195 Å². The molecule has 11 rings (SSSR count). The van der Waals surface area contributed by atoms with Crippen LogP contribution in [-0.2, 0) is 18.3 Å². The van der Waals surface area contributed by atoms with Crippen molar-refractivity contribution < 1.29 is 0 Å². The Morgan fingerprint density at radius 2 is 0.719 bits per heavy atom. The van der Waals surface area contributed by atoms with E-state index in [1.165, 1.54) is 88.4 Å². The standard InChI is InChI=1S/C55H40N2/c1-3-37-21-25-39(26-22-37)35-55(36-40-27-23-38(4-2)24-28-40)49-31-29-41(56-51-17-9-5-13-43(51)44-14-6-10-18-52(44)56)33-47(49)48-34-42(30-32-50(48)55)57-53-19-11-7-15-45(53)46-16-8-12-20-54(46)57/h3-34H,1-2,35-36H2. The van der Waals surface area contributed by atoms with Gasteiger partial charge in [0.1, 0.15) is 0 Å². The summed E-state index contributed by atoms with van der Waals surface area (Å²) < 4.78 is 4.90. The van der Waals surface area contributed by atoms with Gasteiger partial charge in [0.05, 0.1) is 22.1 Å². The Balaban J connectivity index is 1.20. The molecule has 0 saturated heterocycles. The summed E-state index contributed by atoms with van der Waals surface area (Å²) in [6.07, 6.45) is 5.56. The van der Waals surface area contributed by atoms with Crippen LogP contribution in [0.1, 0.15) is 33.4 Å². The van der Waals surface area contributed by atoms with E-state index in [1.54, 1.807) is 0 Å². The molecular weight excluding hydrogens is 689 g/mol. The first-order valence-electron chi connectivity index (χ1n) is 19.8. The Bertz CT molecular complexity index is 2880. The van der Waals surface area contributed by atoms with Crippen LogP contribution < -0.4 is 0 Å². The van der Waals surface area contributed by atoms with Gasteiger partial charge in [-0.1, -0.05) is 159 Å². The molecule has 0 fully saturated rings. The molecule has 57 heavy (non-hydrogen) atoms. The third-order valence-corrected chi connectivity index (χ3v) is 12.4. The van der Waals surface area contributed by atoms with Crippen LogP contribution in [0.25, 0.3) is 78.3 Å². The molecule has 0 radical (unpaired) electrons. The number of hydrogen-bond acceptors (Lipinski definition) is 0. The summed E-state index contributed by atoms with van der Waals surface area (Å²) in [6, 6.07) is 67.6. The van der Waals surface area contributed by atoms with Crippen molar-refractivity contribution in [3.8, 4) is 22.5 Å². The number of fused-ring (bicyclic) bond motifs is 9. The van der Waals surface area contributed by atoms with Gasteiger partial charge in [-0.2, -0.15) is 0 Å². The Labute approximate surface area is 332 Å². The predicted molar refractivity (Wildman–Crippen MR) is 242 cm³/mol. The first-order chi connectivity index (χ1) is 28.1. The fourth-order valence-corrected chi connectivity index (χ4v) is 9.85. The van der Waals surface area contributed by atoms with E-state index < -0.39 is 0 Å². The summed E-state index contributed by atoms with van der Waals surface area (Å²) in [5, 5.41) is 5.07. The van der Waals surface area contributed by atoms with Gasteiger partial charge >= 0.3 is 0 Å². The van der Waals surface area contributed by atoms with Crippen LogP contribution in [0.2, 0.25) is 0 Å². The second-order valence-corrected chi connectivity index (χ2v) is 15.5. The Kier molecular flexibility index (Phi) is 7.55. The quantitative estimate of drug-likeness (QED) is 0.147. The molecule has 2 aromatic heterocycles. The van der Waals surface area contributed by atoms with E-state index in [9.17, 15) is 0 Å². The van der Waals surface area contributed by atoms with Crippen molar-refractivity contribution in [2.45, 2.75) is 18.3 Å². The highest BCUT2D eigenvalue weighted by Gasteiger charge is 2.44. The molecule has 0 aliphatic heterocycles. The lowest BCUT2D eigenvalue weighted by Crippen LogP contribution is -2.31. The Morgan fingerprint density at radius 1 is 0.386 bits per heavy atom. The lowest BCUT2D eigenvalue weighted by Gasteiger charge is -2.33. The fraction of sp³-hybridized carbons (Fsp3) is 0.0545. The first-order valence-corrected chi connectivity index (χ1v) is 19.8. The number of benzene rings is 8. The number of nitrogens with zero attached hydrogens (tertiary/aromatic N) is 2. The van der Waals surface area contributed by atoms with Crippen LogP contribution in [0.5, 0.6) is 0 Å². The predicted octanol–water partition coefficient (Wildman–Crippen LogP) is 13.9. The molecule has 10 aromatic rings. The molecule has 0 bridgehead atoms. The Hall–Kier alpha value is -7.16. The number of hydrogen-bond donors (Lipinski definition) is 0. The summed E-state index contributed by atoms with van der Waals surface area (Å²) in [7, 11) is 0. The number of aromatic nitrogens is 2. The molecule has 0 saturated carbocycles. The van der Waals surface area contributed by atoms with Crippen LogP contribution in [0.4, 0.5) is 0 Å². The maximum absolute atomic E-state index is 4.03. The molecule has 0 amide bonds. The lowest BCUT2D eigenvalue weighted by molar-refractivity contribution is 0.520. The van der Waals surface area contributed by atoms with E-state index in [-0.39, 0.29) is 5.41 Å². The number of rotatable bonds is 8. The zero-order valence-electron chi connectivity index (χ0n) is 31.7. The van der Waals surface area contributed by atoms with Crippen molar-refractivity contribution in [1.29, 1.82) is 0 Å². The van der Waals surface area contributed by atoms with Gasteiger partial charge in [0.15, 0.2) is 0 Å². The second-order valence-electron chi connectivity index (χ2n) is 15.5. The monoisotopic (exact) mass is 728 g/mol. The largest absolute Gasteiger partial charge is 0.309 e. The van der Waals surface area contributed by atoms with E-state index in [1.807, 2.05) is 12.2 Å². The average Bonchev–Trinajstić information content (AvgIpc) is 3.88. The van der Waals surface area contributed by atoms with Crippen LogP contribution >= 0.6 is 0 Å². The van der Waals surface area contributed by atoms with Gasteiger partial charge in [-0.05, 0) is 106 Å². The molecule has 8 aromatic carbocycles. The van der Waals surface area contributed by atoms with Crippen molar-refractivity contribution >= 4 is 55.8 Å². The van der Waals surface area contributed by atoms with Gasteiger partial charge in [0.25, 0.3) is 0 Å². The van der Waals surface area contributed by atoms with Crippen molar-refractivity contribution in [3.63, 3.8) is 0 Å². The van der Waals surface area contributed by atoms with Crippen LogP contribution in [0, 0.1) is 0 Å². The zero-order valence-corrected chi connectivity index (χ0v) is 31.7. The minimum atomic E-state index is -0.325. The zero-order chi connectivity index (χ0) is 38.1. The highest BCUT2D eigenvalue weighted by molar-refractivity contribution is 6.10. The lowest BCUT2D eigenvalue weighted by atomic mass is 9.69. The molecule has 2 heteroatoms. The molecule has 2 nitrogen and oxygen atoms in total. The van der Waals surface area contributed by atoms with Crippen molar-refractivity contribution in [2.24, 2.45) is 0 Å². The van der Waals surface area contributed by atoms with E-state index in [4.69, 9.17) is 0 Å². The molecule has 0 N–H and O–H groups in total.